The lowest BCUT2D eigenvalue weighted by atomic mass is 10.4. The average Bonchev–Trinajstić information content (AvgIpc) is 2.30. The van der Waals surface area contributed by atoms with E-state index in [2.05, 4.69) is 5.10 Å². The van der Waals surface area contributed by atoms with Crippen molar-refractivity contribution in [3.05, 3.63) is 11.8 Å². The van der Waals surface area contributed by atoms with Gasteiger partial charge in [-0.05, 0) is 0 Å². The molecule has 0 spiro atoms. The van der Waals surface area contributed by atoms with Crippen LogP contribution >= 0.6 is 0 Å². The van der Waals surface area contributed by atoms with Gasteiger partial charge in [-0.2, -0.15) is 5.10 Å². The Hall–Kier alpha value is -1.52. The van der Waals surface area contributed by atoms with Gasteiger partial charge in [0.1, 0.15) is 5.82 Å². The summed E-state index contributed by atoms with van der Waals surface area (Å²) >= 11 is 0. The Morgan fingerprint density at radius 2 is 2.25 bits per heavy atom. The number of aromatic nitrogens is 2. The molecule has 1 aromatic heterocycles. The summed E-state index contributed by atoms with van der Waals surface area (Å²) in [4.78, 5) is 12.8. The number of nitrogens with two attached hydrogens (primary N) is 1. The smallest absolute Gasteiger partial charge is 0.273 e. The molecular weight excluding hydrogens is 156 g/mol. The maximum atomic E-state index is 11.3. The zero-order chi connectivity index (χ0) is 9.30. The van der Waals surface area contributed by atoms with Gasteiger partial charge >= 0.3 is 0 Å². The summed E-state index contributed by atoms with van der Waals surface area (Å²) in [7, 11) is 5.04. The van der Waals surface area contributed by atoms with Gasteiger partial charge in [-0.15, -0.1) is 0 Å². The zero-order valence-corrected chi connectivity index (χ0v) is 7.40. The topological polar surface area (TPSA) is 64.2 Å². The number of carbonyl (C=O) groups is 1. The Kier molecular flexibility index (Phi) is 2.03. The van der Waals surface area contributed by atoms with Gasteiger partial charge in [0.2, 0.25) is 0 Å². The van der Waals surface area contributed by atoms with Crippen molar-refractivity contribution in [2.75, 3.05) is 19.8 Å². The third-order valence-corrected chi connectivity index (χ3v) is 1.54. The lowest BCUT2D eigenvalue weighted by Gasteiger charge is -2.06. The fourth-order valence-electron chi connectivity index (χ4n) is 0.815. The lowest BCUT2D eigenvalue weighted by molar-refractivity contribution is 0.0821. The number of nitrogens with zero attached hydrogens (tertiary/aromatic N) is 3. The highest BCUT2D eigenvalue weighted by Gasteiger charge is 2.12. The quantitative estimate of drug-likeness (QED) is 0.626. The number of hydrogen-bond acceptors (Lipinski definition) is 3. The molecule has 2 N–H and O–H groups in total. The first-order valence-corrected chi connectivity index (χ1v) is 3.53. The predicted molar refractivity (Wildman–Crippen MR) is 45.6 cm³/mol. The highest BCUT2D eigenvalue weighted by atomic mass is 16.2. The van der Waals surface area contributed by atoms with E-state index < -0.39 is 0 Å². The van der Waals surface area contributed by atoms with Crippen LogP contribution in [0.4, 0.5) is 5.82 Å². The van der Waals surface area contributed by atoms with E-state index in [1.165, 1.54) is 9.58 Å². The van der Waals surface area contributed by atoms with Gasteiger partial charge in [0.15, 0.2) is 5.69 Å². The van der Waals surface area contributed by atoms with Crippen LogP contribution in [0.5, 0.6) is 0 Å². The molecule has 1 aromatic rings. The molecule has 0 aliphatic heterocycles. The van der Waals surface area contributed by atoms with E-state index in [1.807, 2.05) is 0 Å². The third kappa shape index (κ3) is 1.39. The summed E-state index contributed by atoms with van der Waals surface area (Å²) in [6, 6.07) is 1.56. The Morgan fingerprint density at radius 1 is 1.67 bits per heavy atom. The zero-order valence-electron chi connectivity index (χ0n) is 7.40. The lowest BCUT2D eigenvalue weighted by Crippen LogP contribution is -2.22. The minimum atomic E-state index is -0.137. The van der Waals surface area contributed by atoms with Crippen molar-refractivity contribution in [1.82, 2.24) is 14.7 Å². The van der Waals surface area contributed by atoms with Crippen LogP contribution in [-0.2, 0) is 7.05 Å². The second-order valence-electron chi connectivity index (χ2n) is 2.78. The molecular formula is C7H12N4O. The normalized spacial score (nSPS) is 9.92. The molecule has 1 heterocycles. The van der Waals surface area contributed by atoms with Gasteiger partial charge in [0.05, 0.1) is 0 Å². The fraction of sp³-hybridized carbons (Fsp3) is 0.429. The molecule has 0 fully saturated rings. The van der Waals surface area contributed by atoms with Gasteiger partial charge < -0.3 is 10.6 Å². The first-order chi connectivity index (χ1) is 5.52. The summed E-state index contributed by atoms with van der Waals surface area (Å²) in [6.45, 7) is 0. The highest BCUT2D eigenvalue weighted by Crippen LogP contribution is 2.05. The monoisotopic (exact) mass is 168 g/mol. The largest absolute Gasteiger partial charge is 0.384 e. The SMILES string of the molecule is CN(C)C(=O)c1cc(N)n(C)n1. The van der Waals surface area contributed by atoms with E-state index in [0.29, 0.717) is 11.5 Å². The van der Waals surface area contributed by atoms with Crippen LogP contribution in [0.25, 0.3) is 0 Å². The van der Waals surface area contributed by atoms with E-state index in [4.69, 9.17) is 5.73 Å². The van der Waals surface area contributed by atoms with Crippen molar-refractivity contribution in [2.24, 2.45) is 7.05 Å². The van der Waals surface area contributed by atoms with Crippen LogP contribution in [0.1, 0.15) is 10.5 Å². The molecule has 0 saturated heterocycles. The second kappa shape index (κ2) is 2.84. The standard InChI is InChI=1S/C7H12N4O/c1-10(2)7(12)5-4-6(8)11(3)9-5/h4H,8H2,1-3H3. The summed E-state index contributed by atoms with van der Waals surface area (Å²) in [5, 5.41) is 3.93. The number of amides is 1. The van der Waals surface area contributed by atoms with E-state index in [-0.39, 0.29) is 5.91 Å². The Labute approximate surface area is 70.8 Å². The molecule has 0 saturated carbocycles. The maximum absolute atomic E-state index is 11.3. The van der Waals surface area contributed by atoms with Gasteiger partial charge in [0.25, 0.3) is 5.91 Å². The molecule has 5 heteroatoms. The summed E-state index contributed by atoms with van der Waals surface area (Å²) in [6.07, 6.45) is 0. The van der Waals surface area contributed by atoms with Crippen molar-refractivity contribution in [2.45, 2.75) is 0 Å². The molecule has 0 aliphatic carbocycles. The highest BCUT2D eigenvalue weighted by molar-refractivity contribution is 5.92. The molecule has 0 atom stereocenters. The number of anilines is 1. The van der Waals surface area contributed by atoms with Crippen LogP contribution in [0, 0.1) is 0 Å². The molecule has 0 aliphatic rings. The van der Waals surface area contributed by atoms with Crippen molar-refractivity contribution in [3.8, 4) is 0 Å². The van der Waals surface area contributed by atoms with Crippen LogP contribution in [0.3, 0.4) is 0 Å². The summed E-state index contributed by atoms with van der Waals surface area (Å²) in [5.41, 5.74) is 5.88. The molecule has 66 valence electrons. The molecule has 1 amide bonds. The fourth-order valence-corrected chi connectivity index (χ4v) is 0.815. The minimum absolute atomic E-state index is 0.137. The van der Waals surface area contributed by atoms with Crippen LogP contribution < -0.4 is 5.73 Å². The van der Waals surface area contributed by atoms with Crippen molar-refractivity contribution in [3.63, 3.8) is 0 Å². The van der Waals surface area contributed by atoms with E-state index in [9.17, 15) is 4.79 Å². The Morgan fingerprint density at radius 3 is 2.58 bits per heavy atom. The number of nitrogen functional groups attached to an aromatic ring is 1. The predicted octanol–water partition coefficient (Wildman–Crippen LogP) is -0.296. The van der Waals surface area contributed by atoms with Crippen molar-refractivity contribution >= 4 is 11.7 Å². The molecule has 0 aromatic carbocycles. The first-order valence-electron chi connectivity index (χ1n) is 3.53. The first kappa shape index (κ1) is 8.58. The second-order valence-corrected chi connectivity index (χ2v) is 2.78. The Balaban J connectivity index is 2.97. The molecule has 0 bridgehead atoms. The van der Waals surface area contributed by atoms with Gasteiger partial charge in [0, 0.05) is 27.2 Å². The van der Waals surface area contributed by atoms with Gasteiger partial charge in [-0.1, -0.05) is 0 Å². The number of hydrogen-bond donors (Lipinski definition) is 1. The van der Waals surface area contributed by atoms with Gasteiger partial charge in [-0.3, -0.25) is 9.48 Å². The number of rotatable bonds is 1. The number of aryl methyl sites for hydroxylation is 1. The maximum Gasteiger partial charge on any atom is 0.273 e. The molecule has 0 unspecified atom stereocenters. The summed E-state index contributed by atoms with van der Waals surface area (Å²) < 4.78 is 1.47. The molecule has 12 heavy (non-hydrogen) atoms. The summed E-state index contributed by atoms with van der Waals surface area (Å²) in [5.74, 6) is 0.350. The average molecular weight is 168 g/mol. The van der Waals surface area contributed by atoms with E-state index in [0.717, 1.165) is 0 Å². The third-order valence-electron chi connectivity index (χ3n) is 1.54. The minimum Gasteiger partial charge on any atom is -0.384 e. The molecule has 5 nitrogen and oxygen atoms in total. The molecule has 1 rings (SSSR count). The van der Waals surface area contributed by atoms with E-state index >= 15 is 0 Å². The Bertz CT molecular complexity index is 283. The number of carbonyl (C=O) groups excluding carboxylic acids is 1. The van der Waals surface area contributed by atoms with E-state index in [1.54, 1.807) is 27.2 Å². The molecule has 0 radical (unpaired) electrons. The van der Waals surface area contributed by atoms with Crippen LogP contribution in [0.15, 0.2) is 6.07 Å². The van der Waals surface area contributed by atoms with Crippen molar-refractivity contribution < 1.29 is 4.79 Å². The van der Waals surface area contributed by atoms with Crippen molar-refractivity contribution in [1.29, 1.82) is 0 Å². The van der Waals surface area contributed by atoms with Crippen LogP contribution in [0.2, 0.25) is 0 Å². The van der Waals surface area contributed by atoms with Crippen LogP contribution in [-0.4, -0.2) is 34.7 Å². The van der Waals surface area contributed by atoms with Gasteiger partial charge in [-0.25, -0.2) is 0 Å².